The van der Waals surface area contributed by atoms with E-state index in [4.69, 9.17) is 14.9 Å². The Balaban J connectivity index is 3.58. The van der Waals surface area contributed by atoms with Gasteiger partial charge in [0.15, 0.2) is 0 Å². The van der Waals surface area contributed by atoms with Gasteiger partial charge in [-0.25, -0.2) is 0 Å². The van der Waals surface area contributed by atoms with Crippen LogP contribution in [0, 0.1) is 0 Å². The monoisotopic (exact) mass is 134 g/mol. The molecule has 56 valence electrons. The van der Waals surface area contributed by atoms with Crippen LogP contribution in [0.4, 0.5) is 0 Å². The van der Waals surface area contributed by atoms with E-state index in [-0.39, 0.29) is 6.10 Å². The molecule has 0 saturated carbocycles. The van der Waals surface area contributed by atoms with Crippen LogP contribution in [0.3, 0.4) is 0 Å². The molecule has 0 radical (unpaired) electrons. The molecule has 3 nitrogen and oxygen atoms in total. The van der Waals surface area contributed by atoms with Crippen LogP contribution in [0.2, 0.25) is 0 Å². The van der Waals surface area contributed by atoms with Crippen molar-refractivity contribution in [3.8, 4) is 0 Å². The number of hydrogen-bond acceptors (Lipinski definition) is 3. The normalized spacial score (nSPS) is 21.0. The van der Waals surface area contributed by atoms with E-state index in [1.165, 1.54) is 14.0 Å². The summed E-state index contributed by atoms with van der Waals surface area (Å²) in [6.45, 7) is 3.23. The molecular formula is C6H14O3. The van der Waals surface area contributed by atoms with Crippen molar-refractivity contribution in [1.29, 1.82) is 0 Å². The number of methoxy groups -OCH3 is 1. The molecule has 0 aliphatic rings. The standard InChI is InChI=1S/C6H14O3/c1-4(7)6(8)5(2)9-3/h4-8H,1-3H3/t4?,5?,6-/m0/s1. The van der Waals surface area contributed by atoms with E-state index in [0.717, 1.165) is 0 Å². The maximum absolute atomic E-state index is 9.02. The van der Waals surface area contributed by atoms with E-state index in [0.29, 0.717) is 0 Å². The molecule has 0 spiro atoms. The Morgan fingerprint density at radius 1 is 1.22 bits per heavy atom. The summed E-state index contributed by atoms with van der Waals surface area (Å²) in [5.41, 5.74) is 0. The highest BCUT2D eigenvalue weighted by atomic mass is 16.5. The van der Waals surface area contributed by atoms with E-state index in [9.17, 15) is 0 Å². The smallest absolute Gasteiger partial charge is 0.105 e. The molecular weight excluding hydrogens is 120 g/mol. The van der Waals surface area contributed by atoms with Gasteiger partial charge in [-0.1, -0.05) is 0 Å². The summed E-state index contributed by atoms with van der Waals surface area (Å²) in [6.07, 6.45) is -1.81. The zero-order valence-corrected chi connectivity index (χ0v) is 6.03. The molecule has 3 atom stereocenters. The summed E-state index contributed by atoms with van der Waals surface area (Å²) in [6, 6.07) is 0. The van der Waals surface area contributed by atoms with Gasteiger partial charge in [-0.15, -0.1) is 0 Å². The van der Waals surface area contributed by atoms with Crippen molar-refractivity contribution in [2.24, 2.45) is 0 Å². The van der Waals surface area contributed by atoms with Crippen molar-refractivity contribution in [2.45, 2.75) is 32.2 Å². The van der Waals surface area contributed by atoms with Gasteiger partial charge in [0.25, 0.3) is 0 Å². The Morgan fingerprint density at radius 2 is 1.67 bits per heavy atom. The average Bonchev–Trinajstić information content (AvgIpc) is 1.84. The number of rotatable bonds is 3. The number of hydrogen-bond donors (Lipinski definition) is 2. The molecule has 0 fully saturated rings. The van der Waals surface area contributed by atoms with Crippen LogP contribution < -0.4 is 0 Å². The molecule has 0 heterocycles. The van der Waals surface area contributed by atoms with E-state index in [2.05, 4.69) is 0 Å². The van der Waals surface area contributed by atoms with Gasteiger partial charge in [-0.3, -0.25) is 0 Å². The van der Waals surface area contributed by atoms with Gasteiger partial charge in [0, 0.05) is 7.11 Å². The Kier molecular flexibility index (Phi) is 3.77. The Labute approximate surface area is 55.3 Å². The molecule has 0 saturated heterocycles. The fraction of sp³-hybridized carbons (Fsp3) is 1.00. The van der Waals surface area contributed by atoms with Crippen LogP contribution in [-0.4, -0.2) is 35.6 Å². The first-order chi connectivity index (χ1) is 4.09. The summed E-state index contributed by atoms with van der Waals surface area (Å²) in [5, 5.41) is 17.8. The highest BCUT2D eigenvalue weighted by Crippen LogP contribution is 2.00. The van der Waals surface area contributed by atoms with Gasteiger partial charge in [0.2, 0.25) is 0 Å². The van der Waals surface area contributed by atoms with Crippen molar-refractivity contribution in [3.05, 3.63) is 0 Å². The molecule has 0 aromatic carbocycles. The molecule has 0 aromatic heterocycles. The Hall–Kier alpha value is -0.120. The third-order valence-electron chi connectivity index (χ3n) is 1.35. The highest BCUT2D eigenvalue weighted by Gasteiger charge is 2.17. The quantitative estimate of drug-likeness (QED) is 0.560. The Morgan fingerprint density at radius 3 is 1.78 bits per heavy atom. The lowest BCUT2D eigenvalue weighted by atomic mass is 10.1. The second kappa shape index (κ2) is 3.82. The molecule has 2 N–H and O–H groups in total. The molecule has 2 unspecified atom stereocenters. The molecule has 0 aliphatic carbocycles. The first-order valence-electron chi connectivity index (χ1n) is 2.98. The van der Waals surface area contributed by atoms with Crippen molar-refractivity contribution < 1.29 is 14.9 Å². The topological polar surface area (TPSA) is 49.7 Å². The first-order valence-corrected chi connectivity index (χ1v) is 2.98. The van der Waals surface area contributed by atoms with Gasteiger partial charge in [0.1, 0.15) is 6.10 Å². The van der Waals surface area contributed by atoms with Gasteiger partial charge >= 0.3 is 0 Å². The lowest BCUT2D eigenvalue weighted by Gasteiger charge is -2.19. The minimum atomic E-state index is -0.782. The van der Waals surface area contributed by atoms with Crippen molar-refractivity contribution in [1.82, 2.24) is 0 Å². The Bertz CT molecular complexity index is 72.7. The number of aliphatic hydroxyl groups is 2. The van der Waals surface area contributed by atoms with Crippen LogP contribution in [0.1, 0.15) is 13.8 Å². The second-order valence-electron chi connectivity index (χ2n) is 2.17. The number of aliphatic hydroxyl groups excluding tert-OH is 2. The van der Waals surface area contributed by atoms with Crippen LogP contribution in [0.25, 0.3) is 0 Å². The minimum Gasteiger partial charge on any atom is -0.391 e. The maximum atomic E-state index is 9.02. The third kappa shape index (κ3) is 2.79. The summed E-state index contributed by atoms with van der Waals surface area (Å²) in [5.74, 6) is 0. The SMILES string of the molecule is COC(C)[C@@H](O)C(C)O. The fourth-order valence-corrected chi connectivity index (χ4v) is 0.532. The summed E-state index contributed by atoms with van der Waals surface area (Å²) in [7, 11) is 1.50. The lowest BCUT2D eigenvalue weighted by Crippen LogP contribution is -2.34. The summed E-state index contributed by atoms with van der Waals surface area (Å²) < 4.78 is 4.76. The van der Waals surface area contributed by atoms with Gasteiger partial charge in [-0.2, -0.15) is 0 Å². The predicted molar refractivity (Wildman–Crippen MR) is 34.2 cm³/mol. The molecule has 9 heavy (non-hydrogen) atoms. The number of ether oxygens (including phenoxy) is 1. The molecule has 0 aromatic rings. The lowest BCUT2D eigenvalue weighted by molar-refractivity contribution is -0.0608. The summed E-state index contributed by atoms with van der Waals surface area (Å²) in [4.78, 5) is 0. The largest absolute Gasteiger partial charge is 0.391 e. The zero-order chi connectivity index (χ0) is 7.44. The summed E-state index contributed by atoms with van der Waals surface area (Å²) >= 11 is 0. The maximum Gasteiger partial charge on any atom is 0.105 e. The van der Waals surface area contributed by atoms with Crippen LogP contribution in [0.5, 0.6) is 0 Å². The average molecular weight is 134 g/mol. The van der Waals surface area contributed by atoms with Crippen LogP contribution >= 0.6 is 0 Å². The zero-order valence-electron chi connectivity index (χ0n) is 6.03. The molecule has 3 heteroatoms. The van der Waals surface area contributed by atoms with Crippen LogP contribution in [-0.2, 0) is 4.74 Å². The first kappa shape index (κ1) is 8.88. The minimum absolute atomic E-state index is 0.301. The van der Waals surface area contributed by atoms with Crippen molar-refractivity contribution >= 4 is 0 Å². The highest BCUT2D eigenvalue weighted by molar-refractivity contribution is 4.68. The fourth-order valence-electron chi connectivity index (χ4n) is 0.532. The van der Waals surface area contributed by atoms with Crippen LogP contribution in [0.15, 0.2) is 0 Å². The van der Waals surface area contributed by atoms with Gasteiger partial charge < -0.3 is 14.9 Å². The second-order valence-corrected chi connectivity index (χ2v) is 2.17. The molecule has 0 aliphatic heterocycles. The van der Waals surface area contributed by atoms with Crippen molar-refractivity contribution in [2.75, 3.05) is 7.11 Å². The molecule has 0 bridgehead atoms. The van der Waals surface area contributed by atoms with E-state index in [1.54, 1.807) is 6.92 Å². The van der Waals surface area contributed by atoms with E-state index in [1.807, 2.05) is 0 Å². The molecule has 0 amide bonds. The predicted octanol–water partition coefficient (Wildman–Crippen LogP) is -0.237. The van der Waals surface area contributed by atoms with E-state index >= 15 is 0 Å². The van der Waals surface area contributed by atoms with Gasteiger partial charge in [-0.05, 0) is 13.8 Å². The van der Waals surface area contributed by atoms with Crippen molar-refractivity contribution in [3.63, 3.8) is 0 Å². The van der Waals surface area contributed by atoms with E-state index < -0.39 is 12.2 Å². The van der Waals surface area contributed by atoms with Gasteiger partial charge in [0.05, 0.1) is 12.2 Å². The third-order valence-corrected chi connectivity index (χ3v) is 1.35. The molecule has 0 rings (SSSR count).